The first-order valence-electron chi connectivity index (χ1n) is 4.44. The Kier molecular flexibility index (Phi) is 2.18. The van der Waals surface area contributed by atoms with Gasteiger partial charge in [-0.05, 0) is 12.1 Å². The van der Waals surface area contributed by atoms with Gasteiger partial charge in [0.15, 0.2) is 5.82 Å². The maximum atomic E-state index is 4.07. The van der Waals surface area contributed by atoms with Gasteiger partial charge in [-0.15, -0.1) is 10.2 Å². The standard InChI is InChI=1S/C10H12N4/c1-11-9-6-4-3-5-8(9)10-13-12-7-14(10)2/h3-7,11H,1-2H3. The van der Waals surface area contributed by atoms with Crippen LogP contribution in [0.2, 0.25) is 0 Å². The van der Waals surface area contributed by atoms with Gasteiger partial charge in [0.2, 0.25) is 0 Å². The van der Waals surface area contributed by atoms with E-state index in [1.165, 1.54) is 0 Å². The fourth-order valence-electron chi connectivity index (χ4n) is 1.42. The first kappa shape index (κ1) is 8.74. The maximum absolute atomic E-state index is 4.07. The molecular weight excluding hydrogens is 176 g/mol. The van der Waals surface area contributed by atoms with Crippen LogP contribution in [-0.2, 0) is 7.05 Å². The third kappa shape index (κ3) is 1.35. The molecular formula is C10H12N4. The lowest BCUT2D eigenvalue weighted by molar-refractivity contribution is 0.920. The van der Waals surface area contributed by atoms with Crippen molar-refractivity contribution in [3.05, 3.63) is 30.6 Å². The zero-order valence-corrected chi connectivity index (χ0v) is 8.23. The zero-order valence-electron chi connectivity index (χ0n) is 8.23. The third-order valence-electron chi connectivity index (χ3n) is 2.15. The SMILES string of the molecule is CNc1ccccc1-c1nncn1C. The van der Waals surface area contributed by atoms with Crippen LogP contribution in [0.15, 0.2) is 30.6 Å². The predicted octanol–water partition coefficient (Wildman–Crippen LogP) is 1.52. The lowest BCUT2D eigenvalue weighted by Crippen LogP contribution is -1.96. The van der Waals surface area contributed by atoms with Crippen LogP contribution in [0.5, 0.6) is 0 Å². The van der Waals surface area contributed by atoms with Crippen molar-refractivity contribution in [1.82, 2.24) is 14.8 Å². The third-order valence-corrected chi connectivity index (χ3v) is 2.15. The summed E-state index contributed by atoms with van der Waals surface area (Å²) in [4.78, 5) is 0. The average molecular weight is 188 g/mol. The first-order chi connectivity index (χ1) is 6.83. The molecule has 0 bridgehead atoms. The average Bonchev–Trinajstić information content (AvgIpc) is 2.64. The van der Waals surface area contributed by atoms with Gasteiger partial charge in [-0.25, -0.2) is 0 Å². The van der Waals surface area contributed by atoms with Crippen molar-refractivity contribution in [2.75, 3.05) is 12.4 Å². The summed E-state index contributed by atoms with van der Waals surface area (Å²) in [7, 11) is 3.83. The van der Waals surface area contributed by atoms with E-state index in [4.69, 9.17) is 0 Å². The van der Waals surface area contributed by atoms with Gasteiger partial charge >= 0.3 is 0 Å². The monoisotopic (exact) mass is 188 g/mol. The Labute approximate surface area is 82.6 Å². The fraction of sp³-hybridized carbons (Fsp3) is 0.200. The number of hydrogen-bond acceptors (Lipinski definition) is 3. The Balaban J connectivity index is 2.56. The Bertz CT molecular complexity index is 433. The second-order valence-electron chi connectivity index (χ2n) is 3.06. The van der Waals surface area contributed by atoms with E-state index in [9.17, 15) is 0 Å². The van der Waals surface area contributed by atoms with Crippen molar-refractivity contribution in [1.29, 1.82) is 0 Å². The summed E-state index contributed by atoms with van der Waals surface area (Å²) in [6.45, 7) is 0. The minimum absolute atomic E-state index is 0.870. The lowest BCUT2D eigenvalue weighted by atomic mass is 10.1. The van der Waals surface area contributed by atoms with Crippen molar-refractivity contribution >= 4 is 5.69 Å². The Hall–Kier alpha value is -1.84. The van der Waals surface area contributed by atoms with Gasteiger partial charge in [0, 0.05) is 25.3 Å². The molecule has 0 fully saturated rings. The highest BCUT2D eigenvalue weighted by atomic mass is 15.2. The number of para-hydroxylation sites is 1. The van der Waals surface area contributed by atoms with E-state index in [0.29, 0.717) is 0 Å². The highest BCUT2D eigenvalue weighted by Gasteiger charge is 2.07. The molecule has 1 N–H and O–H groups in total. The molecule has 0 saturated carbocycles. The molecule has 72 valence electrons. The van der Waals surface area contributed by atoms with Gasteiger partial charge in [-0.1, -0.05) is 12.1 Å². The molecule has 1 aromatic heterocycles. The molecule has 4 heteroatoms. The largest absolute Gasteiger partial charge is 0.388 e. The normalized spacial score (nSPS) is 10.1. The van der Waals surface area contributed by atoms with Gasteiger partial charge in [0.25, 0.3) is 0 Å². The van der Waals surface area contributed by atoms with Crippen LogP contribution in [0.1, 0.15) is 0 Å². The molecule has 0 aliphatic carbocycles. The summed E-state index contributed by atoms with van der Waals surface area (Å²) in [5.74, 6) is 0.870. The van der Waals surface area contributed by atoms with Gasteiger partial charge in [-0.3, -0.25) is 0 Å². The van der Waals surface area contributed by atoms with Crippen LogP contribution >= 0.6 is 0 Å². The van der Waals surface area contributed by atoms with Gasteiger partial charge in [0.05, 0.1) is 0 Å². The highest BCUT2D eigenvalue weighted by Crippen LogP contribution is 2.24. The molecule has 1 heterocycles. The predicted molar refractivity (Wildman–Crippen MR) is 56.0 cm³/mol. The molecule has 2 aromatic rings. The first-order valence-corrected chi connectivity index (χ1v) is 4.44. The van der Waals surface area contributed by atoms with Crippen LogP contribution in [0.3, 0.4) is 0 Å². The second-order valence-corrected chi connectivity index (χ2v) is 3.06. The summed E-state index contributed by atoms with van der Waals surface area (Å²) in [6.07, 6.45) is 1.70. The Morgan fingerprint density at radius 1 is 1.29 bits per heavy atom. The van der Waals surface area contributed by atoms with Crippen molar-refractivity contribution in [3.8, 4) is 11.4 Å². The van der Waals surface area contributed by atoms with E-state index >= 15 is 0 Å². The molecule has 0 amide bonds. The molecule has 14 heavy (non-hydrogen) atoms. The number of rotatable bonds is 2. The molecule has 0 aliphatic rings. The molecule has 0 atom stereocenters. The molecule has 0 aliphatic heterocycles. The maximum Gasteiger partial charge on any atom is 0.165 e. The van der Waals surface area contributed by atoms with E-state index in [0.717, 1.165) is 17.1 Å². The number of nitrogens with zero attached hydrogens (tertiary/aromatic N) is 3. The molecule has 0 radical (unpaired) electrons. The van der Waals surface area contributed by atoms with Crippen molar-refractivity contribution in [2.24, 2.45) is 7.05 Å². The molecule has 0 unspecified atom stereocenters. The Morgan fingerprint density at radius 3 is 2.71 bits per heavy atom. The van der Waals surface area contributed by atoms with Crippen molar-refractivity contribution in [3.63, 3.8) is 0 Å². The van der Waals surface area contributed by atoms with Crippen LogP contribution < -0.4 is 5.32 Å². The van der Waals surface area contributed by atoms with Gasteiger partial charge in [0.1, 0.15) is 6.33 Å². The second kappa shape index (κ2) is 3.49. The zero-order chi connectivity index (χ0) is 9.97. The van der Waals surface area contributed by atoms with Crippen molar-refractivity contribution in [2.45, 2.75) is 0 Å². The summed E-state index contributed by atoms with van der Waals surface area (Å²) >= 11 is 0. The topological polar surface area (TPSA) is 42.7 Å². The summed E-state index contributed by atoms with van der Waals surface area (Å²) in [6, 6.07) is 8.02. The van der Waals surface area contributed by atoms with Gasteiger partial charge in [-0.2, -0.15) is 0 Å². The molecule has 1 aromatic carbocycles. The van der Waals surface area contributed by atoms with E-state index in [1.807, 2.05) is 42.9 Å². The fourth-order valence-corrected chi connectivity index (χ4v) is 1.42. The number of aryl methyl sites for hydroxylation is 1. The Morgan fingerprint density at radius 2 is 2.07 bits per heavy atom. The number of aromatic nitrogens is 3. The highest BCUT2D eigenvalue weighted by molar-refractivity contribution is 5.73. The molecule has 0 spiro atoms. The molecule has 4 nitrogen and oxygen atoms in total. The lowest BCUT2D eigenvalue weighted by Gasteiger charge is -2.07. The van der Waals surface area contributed by atoms with E-state index in [-0.39, 0.29) is 0 Å². The number of benzene rings is 1. The number of hydrogen-bond donors (Lipinski definition) is 1. The van der Waals surface area contributed by atoms with Crippen LogP contribution in [0.4, 0.5) is 5.69 Å². The minimum atomic E-state index is 0.870. The van der Waals surface area contributed by atoms with Crippen LogP contribution in [0, 0.1) is 0 Å². The quantitative estimate of drug-likeness (QED) is 0.777. The molecule has 2 rings (SSSR count). The summed E-state index contributed by atoms with van der Waals surface area (Å²) < 4.78 is 1.90. The minimum Gasteiger partial charge on any atom is -0.388 e. The van der Waals surface area contributed by atoms with E-state index in [2.05, 4.69) is 15.5 Å². The summed E-state index contributed by atoms with van der Waals surface area (Å²) in [5, 5.41) is 11.1. The number of nitrogens with one attached hydrogen (secondary N) is 1. The van der Waals surface area contributed by atoms with E-state index < -0.39 is 0 Å². The van der Waals surface area contributed by atoms with E-state index in [1.54, 1.807) is 6.33 Å². The van der Waals surface area contributed by atoms with Crippen LogP contribution in [-0.4, -0.2) is 21.8 Å². The van der Waals surface area contributed by atoms with Crippen LogP contribution in [0.25, 0.3) is 11.4 Å². The number of anilines is 1. The van der Waals surface area contributed by atoms with Crippen molar-refractivity contribution < 1.29 is 0 Å². The van der Waals surface area contributed by atoms with Gasteiger partial charge < -0.3 is 9.88 Å². The summed E-state index contributed by atoms with van der Waals surface area (Å²) in [5.41, 5.74) is 2.12. The molecule has 0 saturated heterocycles. The smallest absolute Gasteiger partial charge is 0.165 e.